The van der Waals surface area contributed by atoms with Crippen molar-refractivity contribution < 1.29 is 4.79 Å². The van der Waals surface area contributed by atoms with Gasteiger partial charge in [-0.05, 0) is 24.8 Å². The number of halogens is 1. The number of hydrogen-bond acceptors (Lipinski definition) is 1. The Morgan fingerprint density at radius 2 is 2.06 bits per heavy atom. The van der Waals surface area contributed by atoms with Gasteiger partial charge in [0.2, 0.25) is 5.91 Å². The maximum Gasteiger partial charge on any atom is 0.223 e. The lowest BCUT2D eigenvalue weighted by atomic mass is 9.84. The second kappa shape index (κ2) is 6.20. The Bertz CT molecular complexity index is 362. The highest BCUT2D eigenvalue weighted by molar-refractivity contribution is 9.09. The van der Waals surface area contributed by atoms with Gasteiger partial charge in [-0.3, -0.25) is 4.79 Å². The van der Waals surface area contributed by atoms with E-state index >= 15 is 0 Å². The van der Waals surface area contributed by atoms with Crippen LogP contribution in [0, 0.1) is 5.92 Å². The van der Waals surface area contributed by atoms with Gasteiger partial charge in [-0.2, -0.15) is 0 Å². The van der Waals surface area contributed by atoms with Crippen LogP contribution >= 0.6 is 15.9 Å². The standard InChI is InChI=1S/C14H18BrNO/c15-10-13(9-11-5-2-1-3-6-11)16-14(17)12-7-4-8-12/h1-3,5-6,12-13H,4,7-10H2,(H,16,17). The largest absolute Gasteiger partial charge is 0.352 e. The molecule has 1 aromatic rings. The fourth-order valence-corrected chi connectivity index (χ4v) is 2.42. The van der Waals surface area contributed by atoms with E-state index in [4.69, 9.17) is 0 Å². The number of rotatable bonds is 5. The monoisotopic (exact) mass is 295 g/mol. The lowest BCUT2D eigenvalue weighted by Gasteiger charge is -2.26. The Morgan fingerprint density at radius 1 is 1.35 bits per heavy atom. The predicted molar refractivity (Wildman–Crippen MR) is 73.2 cm³/mol. The van der Waals surface area contributed by atoms with E-state index in [1.54, 1.807) is 0 Å². The number of benzene rings is 1. The molecule has 92 valence electrons. The summed E-state index contributed by atoms with van der Waals surface area (Å²) >= 11 is 3.48. The van der Waals surface area contributed by atoms with Crippen molar-refractivity contribution in [1.29, 1.82) is 0 Å². The van der Waals surface area contributed by atoms with Crippen LogP contribution in [0.25, 0.3) is 0 Å². The Balaban J connectivity index is 1.86. The Labute approximate surface area is 111 Å². The van der Waals surface area contributed by atoms with Gasteiger partial charge >= 0.3 is 0 Å². The molecule has 0 bridgehead atoms. The molecular weight excluding hydrogens is 278 g/mol. The molecular formula is C14H18BrNO. The van der Waals surface area contributed by atoms with Gasteiger partial charge in [-0.15, -0.1) is 0 Å². The lowest BCUT2D eigenvalue weighted by Crippen LogP contribution is -2.43. The fraction of sp³-hybridized carbons (Fsp3) is 0.500. The van der Waals surface area contributed by atoms with Crippen molar-refractivity contribution in [3.05, 3.63) is 35.9 Å². The maximum atomic E-state index is 11.9. The highest BCUT2D eigenvalue weighted by Crippen LogP contribution is 2.26. The fourth-order valence-electron chi connectivity index (χ4n) is 2.03. The van der Waals surface area contributed by atoms with E-state index in [1.165, 1.54) is 12.0 Å². The van der Waals surface area contributed by atoms with Crippen molar-refractivity contribution in [2.45, 2.75) is 31.7 Å². The van der Waals surface area contributed by atoms with Gasteiger partial charge in [0.15, 0.2) is 0 Å². The summed E-state index contributed by atoms with van der Waals surface area (Å²) in [7, 11) is 0. The molecule has 1 fully saturated rings. The first-order valence-electron chi connectivity index (χ1n) is 6.20. The number of hydrogen-bond donors (Lipinski definition) is 1. The molecule has 1 aliphatic rings. The first-order valence-corrected chi connectivity index (χ1v) is 7.32. The van der Waals surface area contributed by atoms with Crippen molar-refractivity contribution in [2.24, 2.45) is 5.92 Å². The molecule has 2 nitrogen and oxygen atoms in total. The average molecular weight is 296 g/mol. The van der Waals surface area contributed by atoms with Crippen LogP contribution in [0.2, 0.25) is 0 Å². The third kappa shape index (κ3) is 3.56. The minimum atomic E-state index is 0.200. The van der Waals surface area contributed by atoms with E-state index in [9.17, 15) is 4.79 Å². The summed E-state index contributed by atoms with van der Waals surface area (Å²) in [4.78, 5) is 11.9. The SMILES string of the molecule is O=C(NC(CBr)Cc1ccccc1)C1CCC1. The Hall–Kier alpha value is -0.830. The van der Waals surface area contributed by atoms with Crippen LogP contribution in [-0.2, 0) is 11.2 Å². The summed E-state index contributed by atoms with van der Waals surface area (Å²) < 4.78 is 0. The molecule has 17 heavy (non-hydrogen) atoms. The lowest BCUT2D eigenvalue weighted by molar-refractivity contribution is -0.127. The zero-order chi connectivity index (χ0) is 12.1. The van der Waals surface area contributed by atoms with Gasteiger partial charge in [0.1, 0.15) is 0 Å². The van der Waals surface area contributed by atoms with Gasteiger partial charge in [0.25, 0.3) is 0 Å². The Kier molecular flexibility index (Phi) is 4.60. The molecule has 1 saturated carbocycles. The zero-order valence-electron chi connectivity index (χ0n) is 9.86. The van der Waals surface area contributed by atoms with Crippen molar-refractivity contribution >= 4 is 21.8 Å². The highest BCUT2D eigenvalue weighted by atomic mass is 79.9. The molecule has 0 saturated heterocycles. The first-order chi connectivity index (χ1) is 8.29. The molecule has 1 unspecified atom stereocenters. The van der Waals surface area contributed by atoms with E-state index < -0.39 is 0 Å². The van der Waals surface area contributed by atoms with Gasteiger partial charge < -0.3 is 5.32 Å². The average Bonchev–Trinajstić information content (AvgIpc) is 2.27. The van der Waals surface area contributed by atoms with Crippen LogP contribution < -0.4 is 5.32 Å². The number of carbonyl (C=O) groups is 1. The predicted octanol–water partition coefficient (Wildman–Crippen LogP) is 2.91. The van der Waals surface area contributed by atoms with Crippen molar-refractivity contribution in [3.8, 4) is 0 Å². The molecule has 1 N–H and O–H groups in total. The van der Waals surface area contributed by atoms with E-state index in [-0.39, 0.29) is 17.9 Å². The smallest absolute Gasteiger partial charge is 0.223 e. The zero-order valence-corrected chi connectivity index (χ0v) is 11.4. The molecule has 1 atom stereocenters. The summed E-state index contributed by atoms with van der Waals surface area (Å²) in [6.45, 7) is 0. The molecule has 0 radical (unpaired) electrons. The summed E-state index contributed by atoms with van der Waals surface area (Å²) in [5, 5.41) is 3.94. The van der Waals surface area contributed by atoms with Gasteiger partial charge in [0, 0.05) is 17.3 Å². The molecule has 1 aliphatic carbocycles. The minimum absolute atomic E-state index is 0.200. The van der Waals surface area contributed by atoms with Crippen molar-refractivity contribution in [1.82, 2.24) is 5.32 Å². The van der Waals surface area contributed by atoms with Crippen LogP contribution in [0.5, 0.6) is 0 Å². The summed E-state index contributed by atoms with van der Waals surface area (Å²) in [6.07, 6.45) is 4.22. The molecule has 1 aromatic carbocycles. The van der Waals surface area contributed by atoms with Crippen LogP contribution in [0.3, 0.4) is 0 Å². The van der Waals surface area contributed by atoms with Gasteiger partial charge in [-0.1, -0.05) is 52.7 Å². The number of alkyl halides is 1. The molecule has 0 aliphatic heterocycles. The van der Waals surface area contributed by atoms with E-state index in [0.717, 1.165) is 24.6 Å². The third-order valence-corrected chi connectivity index (χ3v) is 4.12. The molecule has 3 heteroatoms. The normalized spacial score (nSPS) is 17.2. The van der Waals surface area contributed by atoms with Crippen LogP contribution in [0.4, 0.5) is 0 Å². The molecule has 2 rings (SSSR count). The van der Waals surface area contributed by atoms with Crippen LogP contribution in [0.1, 0.15) is 24.8 Å². The molecule has 0 spiro atoms. The summed E-state index contributed by atoms with van der Waals surface area (Å²) in [5.41, 5.74) is 1.27. The molecule has 1 amide bonds. The number of amides is 1. The number of carbonyl (C=O) groups excluding carboxylic acids is 1. The van der Waals surface area contributed by atoms with E-state index in [2.05, 4.69) is 33.4 Å². The second-order valence-electron chi connectivity index (χ2n) is 4.68. The van der Waals surface area contributed by atoms with Crippen molar-refractivity contribution in [3.63, 3.8) is 0 Å². The van der Waals surface area contributed by atoms with Crippen molar-refractivity contribution in [2.75, 3.05) is 5.33 Å². The number of nitrogens with one attached hydrogen (secondary N) is 1. The summed E-state index contributed by atoms with van der Waals surface area (Å²) in [5.74, 6) is 0.504. The minimum Gasteiger partial charge on any atom is -0.352 e. The van der Waals surface area contributed by atoms with E-state index in [1.807, 2.05) is 18.2 Å². The molecule has 0 aromatic heterocycles. The maximum absolute atomic E-state index is 11.9. The third-order valence-electron chi connectivity index (χ3n) is 3.33. The van der Waals surface area contributed by atoms with E-state index in [0.29, 0.717) is 0 Å². The van der Waals surface area contributed by atoms with Gasteiger partial charge in [-0.25, -0.2) is 0 Å². The highest BCUT2D eigenvalue weighted by Gasteiger charge is 2.26. The topological polar surface area (TPSA) is 29.1 Å². The van der Waals surface area contributed by atoms with Crippen LogP contribution in [0.15, 0.2) is 30.3 Å². The van der Waals surface area contributed by atoms with Gasteiger partial charge in [0.05, 0.1) is 0 Å². The quantitative estimate of drug-likeness (QED) is 0.832. The second-order valence-corrected chi connectivity index (χ2v) is 5.32. The van der Waals surface area contributed by atoms with Crippen LogP contribution in [-0.4, -0.2) is 17.3 Å². The Morgan fingerprint density at radius 3 is 2.59 bits per heavy atom. The summed E-state index contributed by atoms with van der Waals surface area (Å²) in [6, 6.07) is 10.5. The molecule has 0 heterocycles. The first kappa shape index (κ1) is 12.6.